The highest BCUT2D eigenvalue weighted by atomic mass is 35.5. The predicted octanol–water partition coefficient (Wildman–Crippen LogP) is 4.86. The summed E-state index contributed by atoms with van der Waals surface area (Å²) in [7, 11) is 2.04. The molecule has 1 aliphatic heterocycles. The van der Waals surface area contributed by atoms with Crippen molar-refractivity contribution in [3.8, 4) is 22.1 Å². The molecule has 1 fully saturated rings. The number of rotatable bonds is 4. The molecule has 1 N–H and O–H groups in total. The predicted molar refractivity (Wildman–Crippen MR) is 147 cm³/mol. The van der Waals surface area contributed by atoms with Crippen LogP contribution in [0.15, 0.2) is 53.3 Å². The molecule has 14 heteroatoms. The number of alkyl halides is 3. The summed E-state index contributed by atoms with van der Waals surface area (Å²) in [5.41, 5.74) is 1.48. The lowest BCUT2D eigenvalue weighted by atomic mass is 10.2. The van der Waals surface area contributed by atoms with Gasteiger partial charge in [0, 0.05) is 36.1 Å². The van der Waals surface area contributed by atoms with Crippen LogP contribution in [0, 0.1) is 0 Å². The van der Waals surface area contributed by atoms with Crippen molar-refractivity contribution in [3.63, 3.8) is 0 Å². The molecule has 0 aliphatic carbocycles. The molecule has 1 saturated heterocycles. The van der Waals surface area contributed by atoms with Gasteiger partial charge in [-0.05, 0) is 49.0 Å². The number of anilines is 1. The average Bonchev–Trinajstić information content (AvgIpc) is 3.53. The fourth-order valence-corrected chi connectivity index (χ4v) is 5.60. The summed E-state index contributed by atoms with van der Waals surface area (Å²) in [6.45, 7) is 3.29. The molecule has 0 spiro atoms. The Morgan fingerprint density at radius 3 is 2.45 bits per heavy atom. The molecule has 5 aromatic rings. The van der Waals surface area contributed by atoms with E-state index >= 15 is 0 Å². The molecule has 3 aromatic heterocycles. The molecule has 0 amide bonds. The number of hydrogen-bond donors (Lipinski definition) is 1. The maximum atomic E-state index is 13.7. The molecule has 40 heavy (non-hydrogen) atoms. The number of thiophene rings is 1. The van der Waals surface area contributed by atoms with Gasteiger partial charge in [-0.2, -0.15) is 18.2 Å². The number of hydrogen-bond acceptors (Lipinski definition) is 8. The minimum atomic E-state index is -5.29. The second-order valence-corrected chi connectivity index (χ2v) is 10.8. The van der Waals surface area contributed by atoms with Crippen LogP contribution < -0.4 is 15.2 Å². The van der Waals surface area contributed by atoms with E-state index in [2.05, 4.69) is 29.5 Å². The highest BCUT2D eigenvalue weighted by Gasteiger charge is 2.42. The quantitative estimate of drug-likeness (QED) is 0.300. The zero-order chi connectivity index (χ0) is 28.2. The van der Waals surface area contributed by atoms with Crippen LogP contribution in [0.1, 0.15) is 0 Å². The summed E-state index contributed by atoms with van der Waals surface area (Å²) in [4.78, 5) is 42.5. The number of nitrogens with one attached hydrogen (secondary N) is 1. The molecule has 4 heterocycles. The lowest BCUT2D eigenvalue weighted by Crippen LogP contribution is -2.44. The van der Waals surface area contributed by atoms with Crippen LogP contribution in [-0.4, -0.2) is 69.8 Å². The molecule has 0 bridgehead atoms. The molecular formula is C26H20ClF3N6O3S. The van der Waals surface area contributed by atoms with E-state index in [0.717, 1.165) is 47.6 Å². The molecule has 206 valence electrons. The number of benzene rings is 2. The summed E-state index contributed by atoms with van der Waals surface area (Å²) in [6, 6.07) is 12.3. The number of halogens is 4. The summed E-state index contributed by atoms with van der Waals surface area (Å²) in [5.74, 6) is -1.84. The van der Waals surface area contributed by atoms with E-state index in [-0.39, 0.29) is 15.9 Å². The third-order valence-corrected chi connectivity index (χ3v) is 7.99. The third-order valence-electron chi connectivity index (χ3n) is 6.58. The number of aromatic nitrogens is 4. The Morgan fingerprint density at radius 2 is 1.75 bits per heavy atom. The van der Waals surface area contributed by atoms with Gasteiger partial charge in [-0.3, -0.25) is 4.79 Å². The summed E-state index contributed by atoms with van der Waals surface area (Å²) >= 11 is 7.10. The van der Waals surface area contributed by atoms with Crippen LogP contribution in [0.5, 0.6) is 6.01 Å². The van der Waals surface area contributed by atoms with Crippen molar-refractivity contribution >= 4 is 56.1 Å². The van der Waals surface area contributed by atoms with Crippen LogP contribution in [0.2, 0.25) is 5.02 Å². The standard InChI is InChI=1S/C26H20ClF3N6O3S/c1-34-8-10-35(11-9-34)24-31-17-7-6-16(12-18(17)32-24)36-22(37)21-19(33-25(36)39-23(38)26(28,29)30)13-20(40-21)14-2-4-15(27)5-3-14/h2-7,12-13H,8-11H2,1H3,(H,31,32). The van der Waals surface area contributed by atoms with Crippen molar-refractivity contribution in [2.75, 3.05) is 38.1 Å². The summed E-state index contributed by atoms with van der Waals surface area (Å²) < 4.78 is 45.1. The van der Waals surface area contributed by atoms with Gasteiger partial charge in [0.15, 0.2) is 0 Å². The van der Waals surface area contributed by atoms with Gasteiger partial charge in [0.1, 0.15) is 4.70 Å². The summed E-state index contributed by atoms with van der Waals surface area (Å²) in [5, 5.41) is 0.525. The molecular weight excluding hydrogens is 569 g/mol. The van der Waals surface area contributed by atoms with Crippen LogP contribution in [0.4, 0.5) is 19.1 Å². The Balaban J connectivity index is 1.47. The van der Waals surface area contributed by atoms with Crippen molar-refractivity contribution in [1.29, 1.82) is 0 Å². The number of carbonyl (C=O) groups is 1. The monoisotopic (exact) mass is 588 g/mol. The van der Waals surface area contributed by atoms with Gasteiger partial charge in [-0.1, -0.05) is 23.7 Å². The minimum absolute atomic E-state index is 0.0983. The van der Waals surface area contributed by atoms with Crippen LogP contribution in [-0.2, 0) is 4.79 Å². The van der Waals surface area contributed by atoms with E-state index in [1.165, 1.54) is 6.07 Å². The number of piperazine rings is 1. The highest BCUT2D eigenvalue weighted by Crippen LogP contribution is 2.34. The topological polar surface area (TPSA) is 96.3 Å². The van der Waals surface area contributed by atoms with Crippen LogP contribution in [0.25, 0.3) is 37.4 Å². The van der Waals surface area contributed by atoms with Crippen LogP contribution in [0.3, 0.4) is 0 Å². The lowest BCUT2D eigenvalue weighted by Gasteiger charge is -2.32. The largest absolute Gasteiger partial charge is 0.491 e. The first-order valence-electron chi connectivity index (χ1n) is 12.1. The SMILES string of the molecule is CN1CCN(c2nc3ccc(-n4c(OC(=O)C(F)(F)F)nc5cc(-c6ccc(Cl)cc6)sc5c4=O)cc3[nH]2)CC1. The van der Waals surface area contributed by atoms with E-state index in [4.69, 9.17) is 11.6 Å². The zero-order valence-electron chi connectivity index (χ0n) is 20.8. The van der Waals surface area contributed by atoms with E-state index < -0.39 is 23.7 Å². The number of likely N-dealkylation sites (N-methyl/N-ethyl adjacent to an activating group) is 1. The minimum Gasteiger partial charge on any atom is -0.385 e. The second kappa shape index (κ2) is 9.91. The Labute approximate surface area is 233 Å². The molecule has 6 rings (SSSR count). The van der Waals surface area contributed by atoms with E-state index in [0.29, 0.717) is 26.9 Å². The number of ether oxygens (including phenoxy) is 1. The number of fused-ring (bicyclic) bond motifs is 2. The van der Waals surface area contributed by atoms with Crippen molar-refractivity contribution in [1.82, 2.24) is 24.4 Å². The highest BCUT2D eigenvalue weighted by molar-refractivity contribution is 7.22. The van der Waals surface area contributed by atoms with E-state index in [9.17, 15) is 22.8 Å². The van der Waals surface area contributed by atoms with E-state index in [1.807, 2.05) is 7.05 Å². The third kappa shape index (κ3) is 4.91. The van der Waals surface area contributed by atoms with Crippen molar-refractivity contribution in [3.05, 3.63) is 63.9 Å². The van der Waals surface area contributed by atoms with Crippen molar-refractivity contribution in [2.45, 2.75) is 6.18 Å². The number of H-pyrrole nitrogens is 1. The number of aromatic amines is 1. The first-order chi connectivity index (χ1) is 19.1. The molecule has 9 nitrogen and oxygen atoms in total. The number of imidazole rings is 1. The van der Waals surface area contributed by atoms with Gasteiger partial charge in [0.25, 0.3) is 5.56 Å². The Hall–Kier alpha value is -3.94. The van der Waals surface area contributed by atoms with Crippen molar-refractivity contribution < 1.29 is 22.7 Å². The molecule has 0 radical (unpaired) electrons. The number of carbonyl (C=O) groups excluding carboxylic acids is 1. The Bertz CT molecular complexity index is 1810. The molecule has 0 unspecified atom stereocenters. The molecule has 0 atom stereocenters. The van der Waals surface area contributed by atoms with Gasteiger partial charge in [-0.15, -0.1) is 11.3 Å². The van der Waals surface area contributed by atoms with Gasteiger partial charge in [0.05, 0.1) is 22.2 Å². The normalized spacial score (nSPS) is 14.8. The van der Waals surface area contributed by atoms with E-state index in [1.54, 1.807) is 42.5 Å². The molecule has 1 aliphatic rings. The lowest BCUT2D eigenvalue weighted by molar-refractivity contribution is -0.190. The Morgan fingerprint density at radius 1 is 1.02 bits per heavy atom. The van der Waals surface area contributed by atoms with Gasteiger partial charge < -0.3 is 19.5 Å². The first kappa shape index (κ1) is 26.3. The van der Waals surface area contributed by atoms with Crippen molar-refractivity contribution in [2.24, 2.45) is 0 Å². The number of esters is 1. The number of nitrogens with zero attached hydrogens (tertiary/aromatic N) is 5. The smallest absolute Gasteiger partial charge is 0.385 e. The van der Waals surface area contributed by atoms with Crippen LogP contribution >= 0.6 is 22.9 Å². The molecule has 2 aromatic carbocycles. The second-order valence-electron chi connectivity index (χ2n) is 9.31. The van der Waals surface area contributed by atoms with Gasteiger partial charge in [0.2, 0.25) is 5.95 Å². The first-order valence-corrected chi connectivity index (χ1v) is 13.3. The Kier molecular flexibility index (Phi) is 6.51. The van der Waals surface area contributed by atoms with Gasteiger partial charge in [-0.25, -0.2) is 14.3 Å². The van der Waals surface area contributed by atoms with Gasteiger partial charge >= 0.3 is 18.2 Å². The average molecular weight is 589 g/mol. The summed E-state index contributed by atoms with van der Waals surface area (Å²) in [6.07, 6.45) is -5.29. The zero-order valence-corrected chi connectivity index (χ0v) is 22.4. The fourth-order valence-electron chi connectivity index (χ4n) is 4.44. The maximum Gasteiger partial charge on any atom is 0.491 e. The molecule has 0 saturated carbocycles. The fraction of sp³-hybridized carbons (Fsp3) is 0.231. The maximum absolute atomic E-state index is 13.7.